The molecule has 0 saturated carbocycles. The molecule has 1 saturated heterocycles. The molecule has 92 valence electrons. The lowest BCUT2D eigenvalue weighted by Gasteiger charge is -2.38. The quantitative estimate of drug-likeness (QED) is 0.782. The number of hydrogen-bond donors (Lipinski definition) is 0. The Morgan fingerprint density at radius 2 is 2.00 bits per heavy atom. The van der Waals surface area contributed by atoms with Gasteiger partial charge in [0.15, 0.2) is 0 Å². The van der Waals surface area contributed by atoms with E-state index in [4.69, 9.17) is 4.42 Å². The van der Waals surface area contributed by atoms with Gasteiger partial charge in [0.2, 0.25) is 0 Å². The van der Waals surface area contributed by atoms with E-state index in [0.717, 1.165) is 15.8 Å². The maximum atomic E-state index is 6.00. The number of hydrogen-bond acceptors (Lipinski definition) is 2. The number of halogens is 1. The summed E-state index contributed by atoms with van der Waals surface area (Å²) in [7, 11) is 0. The maximum absolute atomic E-state index is 6.00. The molecular formula is C15H14BrNO. The molecule has 2 aromatic rings. The highest BCUT2D eigenvalue weighted by molar-refractivity contribution is 9.10. The van der Waals surface area contributed by atoms with Gasteiger partial charge in [-0.05, 0) is 43.0 Å². The second-order valence-electron chi connectivity index (χ2n) is 5.19. The van der Waals surface area contributed by atoms with Crippen LogP contribution in [0.1, 0.15) is 18.6 Å². The third kappa shape index (κ3) is 1.61. The lowest BCUT2D eigenvalue weighted by atomic mass is 9.84. The van der Waals surface area contributed by atoms with Gasteiger partial charge in [-0.25, -0.2) is 0 Å². The van der Waals surface area contributed by atoms with Crippen molar-refractivity contribution in [2.45, 2.75) is 12.8 Å². The normalized spacial score (nSPS) is 19.6. The van der Waals surface area contributed by atoms with Gasteiger partial charge in [0.05, 0.1) is 0 Å². The molecule has 0 unspecified atom stereocenters. The summed E-state index contributed by atoms with van der Waals surface area (Å²) in [5, 5.41) is 1.18. The van der Waals surface area contributed by atoms with Gasteiger partial charge < -0.3 is 9.32 Å². The first-order valence-electron chi connectivity index (χ1n) is 6.45. The Morgan fingerprint density at radius 1 is 1.17 bits per heavy atom. The number of allylic oxidation sites excluding steroid dienone is 1. The molecule has 0 aliphatic carbocycles. The highest BCUT2D eigenvalue weighted by Crippen LogP contribution is 2.39. The van der Waals surface area contributed by atoms with Crippen LogP contribution in [-0.4, -0.2) is 18.0 Å². The highest BCUT2D eigenvalue weighted by Gasteiger charge is 2.29. The van der Waals surface area contributed by atoms with Crippen molar-refractivity contribution in [3.8, 4) is 0 Å². The van der Waals surface area contributed by atoms with Crippen molar-refractivity contribution in [1.82, 2.24) is 4.90 Å². The third-order valence-electron chi connectivity index (χ3n) is 4.05. The standard InChI is InChI=1S/C15H14BrNO/c16-12-1-2-14-11(7-12)8-15(18-14)13-9-17-5-3-10(13)4-6-17/h1-2,7-10H,3-6H2. The molecule has 1 aromatic heterocycles. The van der Waals surface area contributed by atoms with Crippen molar-refractivity contribution in [3.05, 3.63) is 40.7 Å². The van der Waals surface area contributed by atoms with Crippen LogP contribution in [0.3, 0.4) is 0 Å². The summed E-state index contributed by atoms with van der Waals surface area (Å²) in [5.74, 6) is 1.75. The van der Waals surface area contributed by atoms with Gasteiger partial charge in [-0.15, -0.1) is 0 Å². The molecule has 0 radical (unpaired) electrons. The minimum atomic E-state index is 0.694. The summed E-state index contributed by atoms with van der Waals surface area (Å²) in [6, 6.07) is 8.35. The first-order chi connectivity index (χ1) is 8.79. The van der Waals surface area contributed by atoms with E-state index < -0.39 is 0 Å². The fraction of sp³-hybridized carbons (Fsp3) is 0.333. The van der Waals surface area contributed by atoms with Gasteiger partial charge in [0.1, 0.15) is 11.3 Å². The molecule has 3 aliphatic rings. The van der Waals surface area contributed by atoms with Crippen molar-refractivity contribution in [1.29, 1.82) is 0 Å². The number of furan rings is 1. The topological polar surface area (TPSA) is 16.4 Å². The van der Waals surface area contributed by atoms with Crippen LogP contribution in [0.5, 0.6) is 0 Å². The summed E-state index contributed by atoms with van der Waals surface area (Å²) in [5.41, 5.74) is 2.37. The second kappa shape index (κ2) is 3.89. The molecule has 2 bridgehead atoms. The smallest absolute Gasteiger partial charge is 0.134 e. The minimum absolute atomic E-state index is 0.694. The molecule has 0 spiro atoms. The monoisotopic (exact) mass is 303 g/mol. The second-order valence-corrected chi connectivity index (χ2v) is 6.10. The average Bonchev–Trinajstić information content (AvgIpc) is 2.83. The van der Waals surface area contributed by atoms with Crippen LogP contribution in [0.15, 0.2) is 39.4 Å². The van der Waals surface area contributed by atoms with E-state index in [1.165, 1.54) is 36.9 Å². The summed E-state index contributed by atoms with van der Waals surface area (Å²) < 4.78 is 7.10. The number of fused-ring (bicyclic) bond motifs is 3. The van der Waals surface area contributed by atoms with Gasteiger partial charge in [-0.3, -0.25) is 0 Å². The van der Waals surface area contributed by atoms with E-state index in [1.807, 2.05) is 12.1 Å². The zero-order valence-electron chi connectivity index (χ0n) is 10.0. The fourth-order valence-electron chi connectivity index (χ4n) is 3.06. The van der Waals surface area contributed by atoms with Gasteiger partial charge in [-0.1, -0.05) is 15.9 Å². The van der Waals surface area contributed by atoms with Crippen molar-refractivity contribution in [2.24, 2.45) is 5.92 Å². The van der Waals surface area contributed by atoms with Crippen LogP contribution in [-0.2, 0) is 0 Å². The molecule has 0 N–H and O–H groups in total. The third-order valence-corrected chi connectivity index (χ3v) is 4.55. The predicted octanol–water partition coefficient (Wildman–Crippen LogP) is 4.26. The van der Waals surface area contributed by atoms with Crippen molar-refractivity contribution in [3.63, 3.8) is 0 Å². The molecule has 1 aromatic carbocycles. The number of rotatable bonds is 1. The largest absolute Gasteiger partial charge is 0.456 e. The van der Waals surface area contributed by atoms with Crippen molar-refractivity contribution in [2.75, 3.05) is 13.1 Å². The predicted molar refractivity (Wildman–Crippen MR) is 76.2 cm³/mol. The van der Waals surface area contributed by atoms with E-state index in [9.17, 15) is 0 Å². The highest BCUT2D eigenvalue weighted by atomic mass is 79.9. The first kappa shape index (κ1) is 10.7. The number of benzene rings is 1. The van der Waals surface area contributed by atoms with Crippen LogP contribution < -0.4 is 0 Å². The van der Waals surface area contributed by atoms with Crippen LogP contribution in [0.25, 0.3) is 16.5 Å². The molecule has 5 rings (SSSR count). The summed E-state index contributed by atoms with van der Waals surface area (Å²) in [6.07, 6.45) is 4.84. The molecule has 2 nitrogen and oxygen atoms in total. The van der Waals surface area contributed by atoms with E-state index in [-0.39, 0.29) is 0 Å². The maximum Gasteiger partial charge on any atom is 0.134 e. The van der Waals surface area contributed by atoms with Gasteiger partial charge in [-0.2, -0.15) is 0 Å². The Kier molecular flexibility index (Phi) is 2.31. The van der Waals surface area contributed by atoms with Crippen LogP contribution in [0.2, 0.25) is 0 Å². The van der Waals surface area contributed by atoms with Gasteiger partial charge >= 0.3 is 0 Å². The molecule has 18 heavy (non-hydrogen) atoms. The SMILES string of the molecule is Brc1ccc2oc(C3=CN4CCC3CC4)cc2c1. The Labute approximate surface area is 114 Å². The average molecular weight is 304 g/mol. The molecule has 3 aliphatic heterocycles. The lowest BCUT2D eigenvalue weighted by Crippen LogP contribution is -2.35. The molecule has 1 fully saturated rings. The lowest BCUT2D eigenvalue weighted by molar-refractivity contribution is 0.250. The first-order valence-corrected chi connectivity index (χ1v) is 7.24. The minimum Gasteiger partial charge on any atom is -0.456 e. The van der Waals surface area contributed by atoms with E-state index in [1.54, 1.807) is 0 Å². The molecule has 0 atom stereocenters. The number of piperidine rings is 1. The van der Waals surface area contributed by atoms with E-state index in [0.29, 0.717) is 5.92 Å². The van der Waals surface area contributed by atoms with Crippen LogP contribution >= 0.6 is 15.9 Å². The summed E-state index contributed by atoms with van der Waals surface area (Å²) >= 11 is 3.51. The van der Waals surface area contributed by atoms with Crippen molar-refractivity contribution < 1.29 is 4.42 Å². The fourth-order valence-corrected chi connectivity index (χ4v) is 3.44. The molecule has 4 heterocycles. The van der Waals surface area contributed by atoms with E-state index in [2.05, 4.69) is 39.2 Å². The van der Waals surface area contributed by atoms with Crippen LogP contribution in [0, 0.1) is 5.92 Å². The van der Waals surface area contributed by atoms with Gasteiger partial charge in [0.25, 0.3) is 0 Å². The molecule has 3 heteroatoms. The van der Waals surface area contributed by atoms with E-state index >= 15 is 0 Å². The Bertz CT molecular complexity index is 635. The molecule has 0 amide bonds. The molecular weight excluding hydrogens is 290 g/mol. The Morgan fingerprint density at radius 3 is 2.72 bits per heavy atom. The van der Waals surface area contributed by atoms with Crippen LogP contribution in [0.4, 0.5) is 0 Å². The van der Waals surface area contributed by atoms with Crippen molar-refractivity contribution >= 4 is 32.5 Å². The summed E-state index contributed by atoms with van der Waals surface area (Å²) in [4.78, 5) is 2.42. The zero-order valence-corrected chi connectivity index (χ0v) is 11.6. The zero-order chi connectivity index (χ0) is 12.1. The summed E-state index contributed by atoms with van der Waals surface area (Å²) in [6.45, 7) is 2.42. The van der Waals surface area contributed by atoms with Gasteiger partial charge in [0, 0.05) is 34.7 Å². The number of nitrogens with zero attached hydrogens (tertiary/aromatic N) is 1. The Balaban J connectivity index is 1.83. The Hall–Kier alpha value is -1.22.